The van der Waals surface area contributed by atoms with Crippen LogP contribution in [-0.2, 0) is 4.74 Å². The fourth-order valence-corrected chi connectivity index (χ4v) is 9.86. The summed E-state index contributed by atoms with van der Waals surface area (Å²) in [6, 6.07) is 8.43. The second-order valence-electron chi connectivity index (χ2n) is 13.0. The van der Waals surface area contributed by atoms with Crippen LogP contribution in [0.25, 0.3) is 16.3 Å². The largest absolute Gasteiger partial charge is 0.390 e. The summed E-state index contributed by atoms with van der Waals surface area (Å²) in [5, 5.41) is 24.5. The Bertz CT molecular complexity index is 1320. The number of benzene rings is 1. The number of allylic oxidation sites excluding steroid dienone is 2. The molecule has 1 aromatic heterocycles. The topological polar surface area (TPSA) is 91.8 Å². The quantitative estimate of drug-likeness (QED) is 0.506. The number of aliphatic hydroxyl groups excluding tert-OH is 2. The highest BCUT2D eigenvalue weighted by atomic mass is 35.5. The van der Waals surface area contributed by atoms with E-state index >= 15 is 0 Å². The lowest BCUT2D eigenvalue weighted by Crippen LogP contribution is -2.72. The Hall–Kier alpha value is -1.70. The minimum Gasteiger partial charge on any atom is -0.390 e. The summed E-state index contributed by atoms with van der Waals surface area (Å²) < 4.78 is 7.34. The zero-order valence-electron chi connectivity index (χ0n) is 22.0. The Morgan fingerprint density at radius 3 is 2.65 bits per heavy atom. The Morgan fingerprint density at radius 2 is 1.86 bits per heavy atom. The highest BCUT2D eigenvalue weighted by molar-refractivity contribution is 6.25. The highest BCUT2D eigenvalue weighted by Crippen LogP contribution is 2.73. The molecule has 37 heavy (non-hydrogen) atoms. The maximum absolute atomic E-state index is 11.3. The van der Waals surface area contributed by atoms with E-state index < -0.39 is 28.3 Å². The third-order valence-corrected chi connectivity index (χ3v) is 11.9. The molecule has 2 aliphatic heterocycles. The smallest absolute Gasteiger partial charge is 0.123 e. The molecule has 3 heterocycles. The zero-order chi connectivity index (χ0) is 26.0. The standard InChI is InChI=1S/C30H38ClN3O3/c1-27-8-10-29(31)14-21-25(35)26(36)22(34(2)3)15-28(21)9-11-30(29,37-28)23(27)7-6-20(27)17-4-5-18-16-33-24(32)13-19(18)12-17/h4-6,12-13,16,21-23,25-26,35-36H,7-11,14-15H2,1-3H3,(H2,32,33)/t21?,22-,23?,25+,26+,27+,28+,29?,30-/m0/s1. The minimum atomic E-state index is -0.821. The molecule has 0 radical (unpaired) electrons. The second kappa shape index (κ2) is 7.70. The molecule has 1 aromatic carbocycles. The zero-order valence-corrected chi connectivity index (χ0v) is 22.7. The van der Waals surface area contributed by atoms with Crippen molar-refractivity contribution in [3.05, 3.63) is 42.1 Å². The number of fused-ring (bicyclic) bond motifs is 2. The summed E-state index contributed by atoms with van der Waals surface area (Å²) >= 11 is 7.63. The summed E-state index contributed by atoms with van der Waals surface area (Å²) in [6.07, 6.45) is 8.68. The number of nitrogens with zero attached hydrogens (tertiary/aromatic N) is 2. The summed E-state index contributed by atoms with van der Waals surface area (Å²) in [5.74, 6) is 0.681. The van der Waals surface area contributed by atoms with Crippen molar-refractivity contribution in [3.8, 4) is 0 Å². The number of ether oxygens (including phenoxy) is 1. The maximum atomic E-state index is 11.3. The number of nitrogen functional groups attached to an aromatic ring is 1. The molecule has 2 saturated carbocycles. The number of anilines is 1. The van der Waals surface area contributed by atoms with Crippen LogP contribution in [0.1, 0.15) is 57.4 Å². The lowest BCUT2D eigenvalue weighted by atomic mass is 9.52. The number of hydrogen-bond donors (Lipinski definition) is 3. The molecule has 198 valence electrons. The van der Waals surface area contributed by atoms with Gasteiger partial charge >= 0.3 is 0 Å². The number of likely N-dealkylation sites (N-methyl/N-ethyl adjacent to an activating group) is 1. The molecule has 0 amide bonds. The lowest BCUT2D eigenvalue weighted by Gasteiger charge is -2.65. The summed E-state index contributed by atoms with van der Waals surface area (Å²) in [6.45, 7) is 2.41. The number of alkyl halides is 1. The number of nitrogens with two attached hydrogens (primary N) is 1. The molecule has 2 aromatic rings. The summed E-state index contributed by atoms with van der Waals surface area (Å²) in [5.41, 5.74) is 7.72. The molecule has 3 unspecified atom stereocenters. The predicted octanol–water partition coefficient (Wildman–Crippen LogP) is 4.36. The normalized spacial score (nSPS) is 46.5. The van der Waals surface area contributed by atoms with Crippen LogP contribution in [0.5, 0.6) is 0 Å². The molecule has 7 rings (SSSR count). The van der Waals surface area contributed by atoms with E-state index in [0.29, 0.717) is 12.2 Å². The van der Waals surface area contributed by atoms with Gasteiger partial charge in [0.05, 0.1) is 28.3 Å². The average molecular weight is 524 g/mol. The molecule has 4 fully saturated rings. The minimum absolute atomic E-state index is 0.0449. The predicted molar refractivity (Wildman–Crippen MR) is 146 cm³/mol. The Labute approximate surface area is 223 Å². The van der Waals surface area contributed by atoms with Crippen molar-refractivity contribution in [2.75, 3.05) is 19.8 Å². The van der Waals surface area contributed by atoms with E-state index in [2.05, 4.69) is 36.2 Å². The molecule has 2 spiro atoms. The van der Waals surface area contributed by atoms with Crippen molar-refractivity contribution in [3.63, 3.8) is 0 Å². The monoisotopic (exact) mass is 523 g/mol. The summed E-state index contributed by atoms with van der Waals surface area (Å²) in [7, 11) is 3.96. The van der Waals surface area contributed by atoms with E-state index in [-0.39, 0.29) is 23.3 Å². The van der Waals surface area contributed by atoms with Crippen LogP contribution in [-0.4, -0.2) is 68.5 Å². The molecule has 9 atom stereocenters. The van der Waals surface area contributed by atoms with E-state index in [9.17, 15) is 10.2 Å². The fourth-order valence-electron chi connectivity index (χ4n) is 9.33. The van der Waals surface area contributed by atoms with Gasteiger partial charge in [-0.05, 0) is 93.1 Å². The first kappa shape index (κ1) is 24.3. The third-order valence-electron chi connectivity index (χ3n) is 11.3. The van der Waals surface area contributed by atoms with E-state index in [0.717, 1.165) is 49.3 Å². The van der Waals surface area contributed by atoms with E-state index in [1.54, 1.807) is 0 Å². The number of rotatable bonds is 2. The first-order chi connectivity index (χ1) is 17.5. The van der Waals surface area contributed by atoms with Crippen molar-refractivity contribution in [1.29, 1.82) is 0 Å². The number of hydrogen-bond acceptors (Lipinski definition) is 6. The highest BCUT2D eigenvalue weighted by Gasteiger charge is 2.76. The number of pyridine rings is 1. The Morgan fingerprint density at radius 1 is 1.05 bits per heavy atom. The van der Waals surface area contributed by atoms with E-state index in [1.807, 2.05) is 31.3 Å². The Kier molecular flexibility index (Phi) is 5.06. The van der Waals surface area contributed by atoms with Crippen molar-refractivity contribution in [2.45, 2.75) is 86.2 Å². The van der Waals surface area contributed by atoms with Crippen LogP contribution in [0.2, 0.25) is 0 Å². The van der Waals surface area contributed by atoms with Crippen LogP contribution >= 0.6 is 11.6 Å². The van der Waals surface area contributed by atoms with Gasteiger partial charge in [0.1, 0.15) is 5.82 Å². The van der Waals surface area contributed by atoms with Gasteiger partial charge in [-0.3, -0.25) is 0 Å². The van der Waals surface area contributed by atoms with Gasteiger partial charge in [0.2, 0.25) is 0 Å². The molecule has 4 N–H and O–H groups in total. The molecule has 3 aliphatic carbocycles. The van der Waals surface area contributed by atoms with Gasteiger partial charge in [0, 0.05) is 29.5 Å². The van der Waals surface area contributed by atoms with Crippen LogP contribution < -0.4 is 5.73 Å². The maximum Gasteiger partial charge on any atom is 0.123 e. The van der Waals surface area contributed by atoms with Crippen molar-refractivity contribution < 1.29 is 14.9 Å². The number of aliphatic hydroxyl groups is 2. The number of aromatic nitrogens is 1. The lowest BCUT2D eigenvalue weighted by molar-refractivity contribution is -0.276. The van der Waals surface area contributed by atoms with E-state index in [4.69, 9.17) is 22.1 Å². The van der Waals surface area contributed by atoms with Gasteiger partial charge in [0.15, 0.2) is 0 Å². The van der Waals surface area contributed by atoms with Gasteiger partial charge in [-0.1, -0.05) is 25.1 Å². The van der Waals surface area contributed by atoms with E-state index in [1.165, 1.54) is 11.1 Å². The van der Waals surface area contributed by atoms with Crippen molar-refractivity contribution in [1.82, 2.24) is 9.88 Å². The summed E-state index contributed by atoms with van der Waals surface area (Å²) in [4.78, 5) is 5.76. The van der Waals surface area contributed by atoms with Crippen LogP contribution in [0.3, 0.4) is 0 Å². The average Bonchev–Trinajstić information content (AvgIpc) is 3.39. The SMILES string of the molecule is CN(C)[C@H]1C[C@@]23CC[C@]4(O2)C2CC=C(c5ccc6cnc(N)cc6c5)[C@@]2(C)CCC4(Cl)CC3[C@@H](O)[C@@H]1O. The van der Waals surface area contributed by atoms with Crippen molar-refractivity contribution >= 4 is 33.8 Å². The van der Waals surface area contributed by atoms with Crippen LogP contribution in [0, 0.1) is 17.3 Å². The van der Waals surface area contributed by atoms with Crippen LogP contribution in [0.15, 0.2) is 36.5 Å². The first-order valence-corrected chi connectivity index (χ1v) is 14.2. The van der Waals surface area contributed by atoms with Gasteiger partial charge in [0.25, 0.3) is 0 Å². The molecule has 2 saturated heterocycles. The molecule has 5 aliphatic rings. The molecule has 2 bridgehead atoms. The first-order valence-electron chi connectivity index (χ1n) is 13.8. The van der Waals surface area contributed by atoms with Gasteiger partial charge in [-0.25, -0.2) is 4.98 Å². The second-order valence-corrected chi connectivity index (χ2v) is 13.8. The van der Waals surface area contributed by atoms with Gasteiger partial charge in [-0.15, -0.1) is 11.6 Å². The third kappa shape index (κ3) is 3.05. The molecule has 7 heteroatoms. The van der Waals surface area contributed by atoms with Gasteiger partial charge < -0.3 is 25.6 Å². The molecular weight excluding hydrogens is 486 g/mol. The van der Waals surface area contributed by atoms with Crippen LogP contribution in [0.4, 0.5) is 5.82 Å². The Balaban J connectivity index is 1.27. The van der Waals surface area contributed by atoms with Gasteiger partial charge in [-0.2, -0.15) is 0 Å². The van der Waals surface area contributed by atoms with Crippen molar-refractivity contribution in [2.24, 2.45) is 17.3 Å². The number of halogens is 1. The fraction of sp³-hybridized carbons (Fsp3) is 0.633. The molecular formula is C30H38ClN3O3. The molecule has 6 nitrogen and oxygen atoms in total.